The monoisotopic (exact) mass is 350 g/mol. The third-order valence-electron chi connectivity index (χ3n) is 3.78. The van der Waals surface area contributed by atoms with Gasteiger partial charge in [0, 0.05) is 11.7 Å². The number of halogens is 2. The summed E-state index contributed by atoms with van der Waals surface area (Å²) in [4.78, 5) is 12.2. The molecule has 0 atom stereocenters. The van der Waals surface area contributed by atoms with E-state index in [9.17, 15) is 4.79 Å². The molecule has 1 aromatic carbocycles. The topological polar surface area (TPSA) is 66.9 Å². The van der Waals surface area contributed by atoms with E-state index < -0.39 is 0 Å². The lowest BCUT2D eigenvalue weighted by Crippen LogP contribution is -2.18. The Balaban J connectivity index is 1.63. The number of carbonyl (C=O) groups excluding carboxylic acids is 1. The molecule has 0 spiro atoms. The minimum atomic E-state index is -0.344. The Morgan fingerprint density at radius 1 is 1.04 bits per heavy atom. The van der Waals surface area contributed by atoms with Crippen molar-refractivity contribution in [3.63, 3.8) is 0 Å². The predicted molar refractivity (Wildman–Crippen MR) is 92.3 cm³/mol. The summed E-state index contributed by atoms with van der Waals surface area (Å²) in [5, 5.41) is 14.9. The van der Waals surface area contributed by atoms with E-state index in [0.717, 1.165) is 12.8 Å². The number of amides is 1. The zero-order valence-corrected chi connectivity index (χ0v) is 13.9. The molecule has 1 saturated carbocycles. The molecule has 0 bridgehead atoms. The molecule has 2 N–H and O–H groups in total. The Morgan fingerprint density at radius 3 is 2.48 bits per heavy atom. The van der Waals surface area contributed by atoms with Gasteiger partial charge in [0.15, 0.2) is 5.69 Å². The van der Waals surface area contributed by atoms with Crippen molar-refractivity contribution >= 4 is 40.6 Å². The minimum absolute atomic E-state index is 0.244. The molecule has 5 nitrogen and oxygen atoms in total. The average molecular weight is 351 g/mol. The maximum atomic E-state index is 12.2. The highest BCUT2D eigenvalue weighted by molar-refractivity contribution is 6.42. The Labute approximate surface area is 144 Å². The molecule has 23 heavy (non-hydrogen) atoms. The van der Waals surface area contributed by atoms with E-state index in [4.69, 9.17) is 23.2 Å². The van der Waals surface area contributed by atoms with Crippen LogP contribution in [-0.4, -0.2) is 22.1 Å². The molecule has 1 amide bonds. The van der Waals surface area contributed by atoms with Gasteiger partial charge in [-0.25, -0.2) is 0 Å². The van der Waals surface area contributed by atoms with Crippen LogP contribution in [0.1, 0.15) is 36.2 Å². The molecule has 2 aromatic rings. The summed E-state index contributed by atoms with van der Waals surface area (Å²) in [6.07, 6.45) is 4.80. The lowest BCUT2D eigenvalue weighted by Gasteiger charge is -2.12. The van der Waals surface area contributed by atoms with Crippen LogP contribution in [0.5, 0.6) is 0 Å². The molecular weight excluding hydrogens is 335 g/mol. The Morgan fingerprint density at radius 2 is 1.83 bits per heavy atom. The highest BCUT2D eigenvalue weighted by Crippen LogP contribution is 2.25. The number of aromatic nitrogens is 2. The van der Waals surface area contributed by atoms with Crippen molar-refractivity contribution in [3.05, 3.63) is 46.1 Å². The molecular formula is C16H16Cl2N4O. The minimum Gasteiger partial charge on any atom is -0.366 e. The molecule has 0 aliphatic heterocycles. The van der Waals surface area contributed by atoms with Crippen molar-refractivity contribution < 1.29 is 4.79 Å². The number of carbonyl (C=O) groups is 1. The number of hydrogen-bond donors (Lipinski definition) is 2. The van der Waals surface area contributed by atoms with Crippen LogP contribution in [0, 0.1) is 0 Å². The number of hydrogen-bond acceptors (Lipinski definition) is 4. The van der Waals surface area contributed by atoms with Crippen LogP contribution in [0.25, 0.3) is 0 Å². The normalized spacial score (nSPS) is 14.7. The van der Waals surface area contributed by atoms with E-state index >= 15 is 0 Å². The Bertz CT molecular complexity index is 700. The first-order valence-electron chi connectivity index (χ1n) is 7.48. The van der Waals surface area contributed by atoms with Gasteiger partial charge < -0.3 is 10.6 Å². The fourth-order valence-corrected chi connectivity index (χ4v) is 2.88. The van der Waals surface area contributed by atoms with Crippen LogP contribution in [-0.2, 0) is 0 Å². The van der Waals surface area contributed by atoms with Crippen LogP contribution in [0.2, 0.25) is 10.0 Å². The van der Waals surface area contributed by atoms with Gasteiger partial charge in [0.2, 0.25) is 0 Å². The second-order valence-corrected chi connectivity index (χ2v) is 6.33. The standard InChI is InChI=1S/C16H16Cl2N4O/c17-12-6-5-11(9-13(12)18)20-16(23)14-7-8-15(22-21-14)19-10-3-1-2-4-10/h5-10H,1-4H2,(H,19,22)(H,20,23). The van der Waals surface area contributed by atoms with Gasteiger partial charge in [-0.05, 0) is 43.2 Å². The summed E-state index contributed by atoms with van der Waals surface area (Å²) in [6.45, 7) is 0. The molecule has 0 saturated heterocycles. The summed E-state index contributed by atoms with van der Waals surface area (Å²) in [7, 11) is 0. The second kappa shape index (κ2) is 7.15. The van der Waals surface area contributed by atoms with E-state index in [1.807, 2.05) is 0 Å². The Kier molecular flexibility index (Phi) is 4.98. The third-order valence-corrected chi connectivity index (χ3v) is 4.52. The number of rotatable bonds is 4. The van der Waals surface area contributed by atoms with E-state index in [1.165, 1.54) is 12.8 Å². The molecule has 1 heterocycles. The van der Waals surface area contributed by atoms with Gasteiger partial charge in [0.1, 0.15) is 5.82 Å². The highest BCUT2D eigenvalue weighted by Gasteiger charge is 2.15. The SMILES string of the molecule is O=C(Nc1ccc(Cl)c(Cl)c1)c1ccc(NC2CCCC2)nn1. The van der Waals surface area contributed by atoms with Gasteiger partial charge in [-0.1, -0.05) is 36.0 Å². The zero-order valence-electron chi connectivity index (χ0n) is 12.4. The quantitative estimate of drug-likeness (QED) is 0.857. The van der Waals surface area contributed by atoms with Gasteiger partial charge in [-0.15, -0.1) is 10.2 Å². The molecule has 7 heteroatoms. The van der Waals surface area contributed by atoms with E-state index in [-0.39, 0.29) is 11.6 Å². The van der Waals surface area contributed by atoms with Crippen molar-refractivity contribution in [1.82, 2.24) is 10.2 Å². The van der Waals surface area contributed by atoms with Gasteiger partial charge >= 0.3 is 0 Å². The van der Waals surface area contributed by atoms with Gasteiger partial charge in [0.05, 0.1) is 10.0 Å². The van der Waals surface area contributed by atoms with Crippen molar-refractivity contribution in [2.45, 2.75) is 31.7 Å². The van der Waals surface area contributed by atoms with Crippen LogP contribution in [0.15, 0.2) is 30.3 Å². The zero-order chi connectivity index (χ0) is 16.2. The molecule has 1 aliphatic rings. The highest BCUT2D eigenvalue weighted by atomic mass is 35.5. The largest absolute Gasteiger partial charge is 0.366 e. The van der Waals surface area contributed by atoms with Crippen LogP contribution in [0.3, 0.4) is 0 Å². The molecule has 120 valence electrons. The lowest BCUT2D eigenvalue weighted by atomic mass is 10.2. The van der Waals surface area contributed by atoms with Crippen LogP contribution < -0.4 is 10.6 Å². The molecule has 1 aliphatic carbocycles. The summed E-state index contributed by atoms with van der Waals surface area (Å²) in [6, 6.07) is 8.77. The summed E-state index contributed by atoms with van der Waals surface area (Å²) >= 11 is 11.8. The smallest absolute Gasteiger partial charge is 0.276 e. The summed E-state index contributed by atoms with van der Waals surface area (Å²) in [5.74, 6) is 0.353. The number of nitrogens with zero attached hydrogens (tertiary/aromatic N) is 2. The predicted octanol–water partition coefficient (Wildman–Crippen LogP) is 4.39. The van der Waals surface area contributed by atoms with E-state index in [2.05, 4.69) is 20.8 Å². The summed E-state index contributed by atoms with van der Waals surface area (Å²) in [5.41, 5.74) is 0.799. The molecule has 0 radical (unpaired) electrons. The van der Waals surface area contributed by atoms with Gasteiger partial charge in [0.25, 0.3) is 5.91 Å². The van der Waals surface area contributed by atoms with Crippen molar-refractivity contribution in [2.75, 3.05) is 10.6 Å². The molecule has 3 rings (SSSR count). The Hall–Kier alpha value is -1.85. The average Bonchev–Trinajstić information content (AvgIpc) is 3.04. The molecule has 1 aromatic heterocycles. The van der Waals surface area contributed by atoms with Crippen molar-refractivity contribution in [1.29, 1.82) is 0 Å². The van der Waals surface area contributed by atoms with Crippen molar-refractivity contribution in [2.24, 2.45) is 0 Å². The maximum Gasteiger partial charge on any atom is 0.276 e. The second-order valence-electron chi connectivity index (χ2n) is 5.51. The van der Waals surface area contributed by atoms with Crippen LogP contribution in [0.4, 0.5) is 11.5 Å². The molecule has 1 fully saturated rings. The third kappa shape index (κ3) is 4.12. The van der Waals surface area contributed by atoms with E-state index in [1.54, 1.807) is 30.3 Å². The molecule has 0 unspecified atom stereocenters. The van der Waals surface area contributed by atoms with Gasteiger partial charge in [-0.3, -0.25) is 4.79 Å². The fraction of sp³-hybridized carbons (Fsp3) is 0.312. The van der Waals surface area contributed by atoms with E-state index in [0.29, 0.717) is 27.6 Å². The number of benzene rings is 1. The van der Waals surface area contributed by atoms with Gasteiger partial charge in [-0.2, -0.15) is 0 Å². The van der Waals surface area contributed by atoms with Crippen LogP contribution >= 0.6 is 23.2 Å². The first-order chi connectivity index (χ1) is 11.1. The number of nitrogens with one attached hydrogen (secondary N) is 2. The number of anilines is 2. The fourth-order valence-electron chi connectivity index (χ4n) is 2.58. The maximum absolute atomic E-state index is 12.2. The first kappa shape index (κ1) is 16.0. The summed E-state index contributed by atoms with van der Waals surface area (Å²) < 4.78 is 0. The van der Waals surface area contributed by atoms with Crippen molar-refractivity contribution in [3.8, 4) is 0 Å². The lowest BCUT2D eigenvalue weighted by molar-refractivity contribution is 0.102. The first-order valence-corrected chi connectivity index (χ1v) is 8.24.